The molecule has 3 rings (SSSR count). The van der Waals surface area contributed by atoms with Crippen molar-refractivity contribution in [1.29, 1.82) is 0 Å². The van der Waals surface area contributed by atoms with E-state index in [-0.39, 0.29) is 17.7 Å². The number of methoxy groups -OCH3 is 1. The molecular weight excluding hydrogens is 305 g/mol. The van der Waals surface area contributed by atoms with Crippen LogP contribution in [0.2, 0.25) is 0 Å². The van der Waals surface area contributed by atoms with E-state index in [9.17, 15) is 9.18 Å². The van der Waals surface area contributed by atoms with Gasteiger partial charge in [0.2, 0.25) is 0 Å². The first-order valence-corrected chi connectivity index (χ1v) is 7.86. The fraction of sp³-hybridized carbons (Fsp3) is 0.400. The zero-order valence-corrected chi connectivity index (χ0v) is 13.1. The number of rotatable bonds is 4. The van der Waals surface area contributed by atoms with Crippen molar-refractivity contribution >= 4 is 17.7 Å². The minimum atomic E-state index is -0.274. The summed E-state index contributed by atoms with van der Waals surface area (Å²) in [6.07, 6.45) is 1.60. The third-order valence-electron chi connectivity index (χ3n) is 3.84. The van der Waals surface area contributed by atoms with Crippen LogP contribution in [0, 0.1) is 11.7 Å². The molecule has 0 aliphatic heterocycles. The maximum Gasteiger partial charge on any atom is 0.308 e. The van der Waals surface area contributed by atoms with Crippen molar-refractivity contribution in [1.82, 2.24) is 14.8 Å². The molecule has 0 unspecified atom stereocenters. The third-order valence-corrected chi connectivity index (χ3v) is 5.12. The topological polar surface area (TPSA) is 57.0 Å². The second kappa shape index (κ2) is 6.08. The third kappa shape index (κ3) is 2.85. The summed E-state index contributed by atoms with van der Waals surface area (Å²) in [5.41, 5.74) is 0.823. The summed E-state index contributed by atoms with van der Waals surface area (Å²) in [6.45, 7) is 0. The molecular formula is C15H16FN3O2S. The lowest BCUT2D eigenvalue weighted by Crippen LogP contribution is -2.33. The Morgan fingerprint density at radius 2 is 2.00 bits per heavy atom. The largest absolute Gasteiger partial charge is 0.469 e. The first-order chi connectivity index (χ1) is 10.6. The maximum absolute atomic E-state index is 13.0. The minimum Gasteiger partial charge on any atom is -0.469 e. The van der Waals surface area contributed by atoms with E-state index >= 15 is 0 Å². The van der Waals surface area contributed by atoms with E-state index in [0.29, 0.717) is 11.1 Å². The van der Waals surface area contributed by atoms with Crippen LogP contribution in [-0.4, -0.2) is 33.1 Å². The van der Waals surface area contributed by atoms with E-state index in [1.807, 2.05) is 11.6 Å². The number of ether oxygens (including phenoxy) is 1. The average molecular weight is 321 g/mol. The molecule has 0 saturated heterocycles. The lowest BCUT2D eigenvalue weighted by molar-refractivity contribution is -0.148. The molecule has 0 atom stereocenters. The van der Waals surface area contributed by atoms with Gasteiger partial charge in [-0.2, -0.15) is 0 Å². The van der Waals surface area contributed by atoms with Crippen LogP contribution in [0.4, 0.5) is 4.39 Å². The van der Waals surface area contributed by atoms with Crippen molar-refractivity contribution in [2.75, 3.05) is 7.11 Å². The zero-order chi connectivity index (χ0) is 15.7. The molecule has 2 aromatic rings. The van der Waals surface area contributed by atoms with E-state index in [2.05, 4.69) is 10.2 Å². The van der Waals surface area contributed by atoms with Gasteiger partial charge in [-0.1, -0.05) is 11.8 Å². The molecule has 0 radical (unpaired) electrons. The second-order valence-electron chi connectivity index (χ2n) is 5.30. The van der Waals surface area contributed by atoms with E-state index in [1.165, 1.54) is 19.2 Å². The normalized spacial score (nSPS) is 20.5. The zero-order valence-electron chi connectivity index (χ0n) is 12.3. The Balaban J connectivity index is 1.67. The highest BCUT2D eigenvalue weighted by atomic mass is 32.2. The Morgan fingerprint density at radius 3 is 2.64 bits per heavy atom. The van der Waals surface area contributed by atoms with Gasteiger partial charge in [-0.15, -0.1) is 10.2 Å². The summed E-state index contributed by atoms with van der Waals surface area (Å²) in [6, 6.07) is 6.18. The van der Waals surface area contributed by atoms with E-state index in [1.54, 1.807) is 23.9 Å². The van der Waals surface area contributed by atoms with Crippen molar-refractivity contribution in [2.24, 2.45) is 13.0 Å². The van der Waals surface area contributed by atoms with Crippen LogP contribution in [0.25, 0.3) is 11.4 Å². The fourth-order valence-corrected chi connectivity index (χ4v) is 3.73. The monoisotopic (exact) mass is 321 g/mol. The minimum absolute atomic E-state index is 0.00676. The maximum atomic E-state index is 13.0. The Hall–Kier alpha value is -1.89. The SMILES string of the molecule is COC(=O)C1CC(Sc2nnc(-c3ccc(F)cc3)n2C)C1. The summed E-state index contributed by atoms with van der Waals surface area (Å²) in [7, 11) is 3.30. The van der Waals surface area contributed by atoms with Gasteiger partial charge >= 0.3 is 5.97 Å². The number of hydrogen-bond acceptors (Lipinski definition) is 5. The number of hydrogen-bond donors (Lipinski definition) is 0. The van der Waals surface area contributed by atoms with Crippen LogP contribution in [0.3, 0.4) is 0 Å². The molecule has 1 aromatic heterocycles. The number of carbonyl (C=O) groups is 1. The van der Waals surface area contributed by atoms with Crippen LogP contribution in [0.15, 0.2) is 29.4 Å². The highest BCUT2D eigenvalue weighted by Crippen LogP contribution is 2.40. The molecule has 1 aromatic carbocycles. The molecule has 1 saturated carbocycles. The highest BCUT2D eigenvalue weighted by molar-refractivity contribution is 7.99. The summed E-state index contributed by atoms with van der Waals surface area (Å²) >= 11 is 1.61. The van der Waals surface area contributed by atoms with Crippen LogP contribution >= 0.6 is 11.8 Å². The number of halogens is 1. The van der Waals surface area contributed by atoms with Gasteiger partial charge in [0, 0.05) is 17.9 Å². The Morgan fingerprint density at radius 1 is 1.32 bits per heavy atom. The van der Waals surface area contributed by atoms with Gasteiger partial charge in [0.1, 0.15) is 5.82 Å². The molecule has 7 heteroatoms. The van der Waals surface area contributed by atoms with Crippen molar-refractivity contribution < 1.29 is 13.9 Å². The van der Waals surface area contributed by atoms with Crippen molar-refractivity contribution in [3.63, 3.8) is 0 Å². The molecule has 1 heterocycles. The van der Waals surface area contributed by atoms with Crippen LogP contribution < -0.4 is 0 Å². The molecule has 0 bridgehead atoms. The molecule has 1 aliphatic rings. The molecule has 0 amide bonds. The summed E-state index contributed by atoms with van der Waals surface area (Å²) in [5, 5.41) is 9.52. The summed E-state index contributed by atoms with van der Waals surface area (Å²) < 4.78 is 19.6. The first kappa shape index (κ1) is 15.0. The molecule has 1 fully saturated rings. The van der Waals surface area contributed by atoms with E-state index in [0.717, 1.165) is 23.6 Å². The number of aromatic nitrogens is 3. The molecule has 0 spiro atoms. The van der Waals surface area contributed by atoms with Gasteiger partial charge < -0.3 is 9.30 Å². The van der Waals surface area contributed by atoms with Gasteiger partial charge in [0.25, 0.3) is 0 Å². The lowest BCUT2D eigenvalue weighted by Gasteiger charge is -2.31. The predicted molar refractivity (Wildman–Crippen MR) is 80.8 cm³/mol. The summed E-state index contributed by atoms with van der Waals surface area (Å²) in [5.74, 6) is 0.296. The molecule has 116 valence electrons. The summed E-state index contributed by atoms with van der Waals surface area (Å²) in [4.78, 5) is 11.4. The number of benzene rings is 1. The number of carbonyl (C=O) groups excluding carboxylic acids is 1. The van der Waals surface area contributed by atoms with Gasteiger partial charge in [0.15, 0.2) is 11.0 Å². The Kier molecular flexibility index (Phi) is 4.15. The Labute approximate surface area is 131 Å². The van der Waals surface area contributed by atoms with Gasteiger partial charge in [0.05, 0.1) is 13.0 Å². The van der Waals surface area contributed by atoms with E-state index in [4.69, 9.17) is 4.74 Å². The quantitative estimate of drug-likeness (QED) is 0.810. The standard InChI is InChI=1S/C15H16FN3O2S/c1-19-13(9-3-5-11(16)6-4-9)17-18-15(19)22-12-7-10(8-12)14(20)21-2/h3-6,10,12H,7-8H2,1-2H3. The Bertz CT molecular complexity index is 681. The van der Waals surface area contributed by atoms with Crippen LogP contribution in [0.5, 0.6) is 0 Å². The number of esters is 1. The molecule has 1 aliphatic carbocycles. The van der Waals surface area contributed by atoms with Crippen molar-refractivity contribution in [2.45, 2.75) is 23.2 Å². The first-order valence-electron chi connectivity index (χ1n) is 6.98. The average Bonchev–Trinajstić information content (AvgIpc) is 2.84. The van der Waals surface area contributed by atoms with Gasteiger partial charge in [-0.3, -0.25) is 4.79 Å². The fourth-order valence-electron chi connectivity index (χ4n) is 2.44. The molecule has 0 N–H and O–H groups in total. The highest BCUT2D eigenvalue weighted by Gasteiger charge is 2.36. The van der Waals surface area contributed by atoms with Gasteiger partial charge in [-0.05, 0) is 37.1 Å². The molecule has 5 nitrogen and oxygen atoms in total. The molecule has 22 heavy (non-hydrogen) atoms. The second-order valence-corrected chi connectivity index (χ2v) is 6.57. The number of nitrogens with zero attached hydrogens (tertiary/aromatic N) is 3. The van der Waals surface area contributed by atoms with Crippen molar-refractivity contribution in [3.05, 3.63) is 30.1 Å². The lowest BCUT2D eigenvalue weighted by atomic mass is 9.85. The van der Waals surface area contributed by atoms with E-state index < -0.39 is 0 Å². The van der Waals surface area contributed by atoms with Crippen molar-refractivity contribution in [3.8, 4) is 11.4 Å². The van der Waals surface area contributed by atoms with Gasteiger partial charge in [-0.25, -0.2) is 4.39 Å². The van der Waals surface area contributed by atoms with Crippen LogP contribution in [0.1, 0.15) is 12.8 Å². The predicted octanol–water partition coefficient (Wildman–Crippen LogP) is 2.66. The smallest absolute Gasteiger partial charge is 0.308 e. The number of thioether (sulfide) groups is 1. The van der Waals surface area contributed by atoms with Crippen LogP contribution in [-0.2, 0) is 16.6 Å².